The number of ketones is 1. The zero-order valence-corrected chi connectivity index (χ0v) is 17.5. The Morgan fingerprint density at radius 2 is 2.04 bits per heavy atom. The van der Waals surface area contributed by atoms with Crippen LogP contribution in [0.15, 0.2) is 40.9 Å². The fourth-order valence-corrected chi connectivity index (χ4v) is 4.95. The molecular weight excluding hydrogens is 422 g/mol. The first-order valence-corrected chi connectivity index (χ1v) is 10.1. The minimum Gasteiger partial charge on any atom is -0.466 e. The summed E-state index contributed by atoms with van der Waals surface area (Å²) < 4.78 is 11.3. The van der Waals surface area contributed by atoms with Crippen molar-refractivity contribution in [1.29, 1.82) is 0 Å². The average molecular weight is 444 g/mol. The standard InChI is InChI=1S/C22H22BrNO4/c1-13-9-17(21(18(23)10-13)28-12-27-2)20(25)16-7-8-19-15-6-4-3-5-14(15)11-24(19)22(16)26/h3-6,9-10,16,19H,7-8,11-12H2,1-2H3. The summed E-state index contributed by atoms with van der Waals surface area (Å²) in [6.07, 6.45) is 1.34. The lowest BCUT2D eigenvalue weighted by atomic mass is 9.85. The van der Waals surface area contributed by atoms with Crippen molar-refractivity contribution in [2.45, 2.75) is 32.4 Å². The summed E-state index contributed by atoms with van der Waals surface area (Å²) in [5, 5.41) is 0. The number of carbonyl (C=O) groups excluding carboxylic acids is 2. The van der Waals surface area contributed by atoms with Crippen molar-refractivity contribution in [3.05, 3.63) is 63.1 Å². The Hall–Kier alpha value is -2.18. The fraction of sp³-hybridized carbons (Fsp3) is 0.364. The molecule has 2 unspecified atom stereocenters. The van der Waals surface area contributed by atoms with Gasteiger partial charge in [0.2, 0.25) is 5.91 Å². The number of fused-ring (bicyclic) bond motifs is 3. The quantitative estimate of drug-likeness (QED) is 0.389. The molecule has 4 rings (SSSR count). The van der Waals surface area contributed by atoms with Crippen molar-refractivity contribution in [3.63, 3.8) is 0 Å². The van der Waals surface area contributed by atoms with Gasteiger partial charge in [-0.25, -0.2) is 0 Å². The molecule has 6 heteroatoms. The highest BCUT2D eigenvalue weighted by Gasteiger charge is 2.44. The van der Waals surface area contributed by atoms with E-state index in [1.807, 2.05) is 30.0 Å². The van der Waals surface area contributed by atoms with Gasteiger partial charge in [-0.3, -0.25) is 9.59 Å². The molecule has 2 heterocycles. The number of ether oxygens (including phenoxy) is 2. The molecule has 0 aliphatic carbocycles. The van der Waals surface area contributed by atoms with Crippen LogP contribution in [0, 0.1) is 12.8 Å². The van der Waals surface area contributed by atoms with Crippen molar-refractivity contribution >= 4 is 27.6 Å². The van der Waals surface area contributed by atoms with Crippen LogP contribution < -0.4 is 4.74 Å². The van der Waals surface area contributed by atoms with E-state index < -0.39 is 5.92 Å². The predicted octanol–water partition coefficient (Wildman–Crippen LogP) is 4.42. The summed E-state index contributed by atoms with van der Waals surface area (Å²) in [6, 6.07) is 11.9. The van der Waals surface area contributed by atoms with Crippen LogP contribution in [0.5, 0.6) is 5.75 Å². The number of hydrogen-bond donors (Lipinski definition) is 0. The number of benzene rings is 2. The molecule has 0 saturated carbocycles. The van der Waals surface area contributed by atoms with Gasteiger partial charge >= 0.3 is 0 Å². The van der Waals surface area contributed by atoms with E-state index in [2.05, 4.69) is 28.1 Å². The van der Waals surface area contributed by atoms with Crippen LogP contribution in [0.25, 0.3) is 0 Å². The third-order valence-electron chi connectivity index (χ3n) is 5.53. The summed E-state index contributed by atoms with van der Waals surface area (Å²) in [5.74, 6) is -0.524. The molecule has 2 aliphatic rings. The number of rotatable bonds is 5. The Morgan fingerprint density at radius 3 is 2.82 bits per heavy atom. The van der Waals surface area contributed by atoms with Crippen LogP contribution in [0.2, 0.25) is 0 Å². The second-order valence-electron chi connectivity index (χ2n) is 7.35. The molecule has 146 valence electrons. The zero-order valence-electron chi connectivity index (χ0n) is 15.9. The molecule has 2 aromatic carbocycles. The molecule has 2 aliphatic heterocycles. The van der Waals surface area contributed by atoms with Crippen molar-refractivity contribution < 1.29 is 19.1 Å². The summed E-state index contributed by atoms with van der Waals surface area (Å²) >= 11 is 3.47. The molecule has 28 heavy (non-hydrogen) atoms. The lowest BCUT2D eigenvalue weighted by molar-refractivity contribution is -0.139. The maximum absolute atomic E-state index is 13.4. The van der Waals surface area contributed by atoms with Crippen LogP contribution in [0.3, 0.4) is 0 Å². The van der Waals surface area contributed by atoms with Gasteiger partial charge < -0.3 is 14.4 Å². The topological polar surface area (TPSA) is 55.8 Å². The van der Waals surface area contributed by atoms with Gasteiger partial charge in [0.05, 0.1) is 16.1 Å². The molecule has 2 atom stereocenters. The van der Waals surface area contributed by atoms with E-state index in [1.165, 1.54) is 18.2 Å². The van der Waals surface area contributed by atoms with E-state index >= 15 is 0 Å². The van der Waals surface area contributed by atoms with E-state index in [-0.39, 0.29) is 24.5 Å². The monoisotopic (exact) mass is 443 g/mol. The largest absolute Gasteiger partial charge is 0.466 e. The van der Waals surface area contributed by atoms with Crippen LogP contribution >= 0.6 is 15.9 Å². The molecular formula is C22H22BrNO4. The summed E-state index contributed by atoms with van der Waals surface area (Å²) in [5.41, 5.74) is 3.74. The Morgan fingerprint density at radius 1 is 1.25 bits per heavy atom. The van der Waals surface area contributed by atoms with E-state index in [0.29, 0.717) is 28.8 Å². The average Bonchev–Trinajstić information content (AvgIpc) is 3.06. The van der Waals surface area contributed by atoms with Crippen LogP contribution in [0.4, 0.5) is 0 Å². The Bertz CT molecular complexity index is 942. The van der Waals surface area contributed by atoms with E-state index in [1.54, 1.807) is 6.07 Å². The number of piperidine rings is 1. The summed E-state index contributed by atoms with van der Waals surface area (Å²) in [7, 11) is 1.53. The first kappa shape index (κ1) is 19.2. The highest BCUT2D eigenvalue weighted by Crippen LogP contribution is 2.43. The van der Waals surface area contributed by atoms with E-state index in [0.717, 1.165) is 12.0 Å². The van der Waals surface area contributed by atoms with Gasteiger partial charge in [0.1, 0.15) is 11.7 Å². The third-order valence-corrected chi connectivity index (χ3v) is 6.12. The van der Waals surface area contributed by atoms with Crippen molar-refractivity contribution in [2.75, 3.05) is 13.9 Å². The number of halogens is 1. The molecule has 1 saturated heterocycles. The second kappa shape index (κ2) is 7.68. The maximum atomic E-state index is 13.4. The van der Waals surface area contributed by atoms with Crippen LogP contribution in [0.1, 0.15) is 45.9 Å². The van der Waals surface area contributed by atoms with Crippen molar-refractivity contribution in [2.24, 2.45) is 5.92 Å². The summed E-state index contributed by atoms with van der Waals surface area (Å²) in [6.45, 7) is 2.52. The molecule has 0 spiro atoms. The lowest BCUT2D eigenvalue weighted by Crippen LogP contribution is -2.42. The zero-order chi connectivity index (χ0) is 19.8. The molecule has 1 amide bonds. The minimum absolute atomic E-state index is 0.0318. The van der Waals surface area contributed by atoms with Gasteiger partial charge in [-0.05, 0) is 64.5 Å². The van der Waals surface area contributed by atoms with Gasteiger partial charge in [-0.15, -0.1) is 0 Å². The molecule has 0 aromatic heterocycles. The number of Topliss-reactive ketones (excluding diaryl/α,β-unsaturated/α-hetero) is 1. The SMILES string of the molecule is COCOc1c(Br)cc(C)cc1C(=O)C1CCC2c3ccccc3CN2C1=O. The van der Waals surface area contributed by atoms with Crippen LogP contribution in [-0.2, 0) is 16.1 Å². The van der Waals surface area contributed by atoms with Crippen molar-refractivity contribution in [3.8, 4) is 5.75 Å². The van der Waals surface area contributed by atoms with Gasteiger partial charge in [0, 0.05) is 13.7 Å². The lowest BCUT2D eigenvalue weighted by Gasteiger charge is -2.34. The first-order chi connectivity index (χ1) is 13.5. The van der Waals surface area contributed by atoms with Gasteiger partial charge in [-0.1, -0.05) is 24.3 Å². The van der Waals surface area contributed by atoms with Gasteiger partial charge in [-0.2, -0.15) is 0 Å². The second-order valence-corrected chi connectivity index (χ2v) is 8.20. The number of aryl methyl sites for hydroxylation is 1. The predicted molar refractivity (Wildman–Crippen MR) is 108 cm³/mol. The number of methoxy groups -OCH3 is 1. The van der Waals surface area contributed by atoms with Gasteiger partial charge in [0.15, 0.2) is 12.6 Å². The highest BCUT2D eigenvalue weighted by atomic mass is 79.9. The van der Waals surface area contributed by atoms with Crippen molar-refractivity contribution in [1.82, 2.24) is 4.90 Å². The third kappa shape index (κ3) is 3.25. The highest BCUT2D eigenvalue weighted by molar-refractivity contribution is 9.10. The minimum atomic E-state index is -0.677. The molecule has 0 N–H and O–H groups in total. The number of carbonyl (C=O) groups is 2. The summed E-state index contributed by atoms with van der Waals surface area (Å²) in [4.78, 5) is 28.4. The molecule has 0 bridgehead atoms. The Labute approximate surface area is 172 Å². The smallest absolute Gasteiger partial charge is 0.234 e. The molecule has 2 aromatic rings. The first-order valence-electron chi connectivity index (χ1n) is 9.35. The van der Waals surface area contributed by atoms with E-state index in [9.17, 15) is 9.59 Å². The van der Waals surface area contributed by atoms with Gasteiger partial charge in [0.25, 0.3) is 0 Å². The molecule has 1 fully saturated rings. The van der Waals surface area contributed by atoms with E-state index in [4.69, 9.17) is 9.47 Å². The number of nitrogens with zero attached hydrogens (tertiary/aromatic N) is 1. The molecule has 0 radical (unpaired) electrons. The number of hydrogen-bond acceptors (Lipinski definition) is 4. The fourth-order valence-electron chi connectivity index (χ4n) is 4.26. The normalized spacial score (nSPS) is 20.7. The Balaban J connectivity index is 1.63. The maximum Gasteiger partial charge on any atom is 0.234 e. The molecule has 5 nitrogen and oxygen atoms in total. The number of amides is 1. The van der Waals surface area contributed by atoms with Crippen LogP contribution in [-0.4, -0.2) is 30.5 Å². The Kier molecular flexibility index (Phi) is 5.25.